The molecule has 0 bridgehead atoms. The Labute approximate surface area is 136 Å². The number of nitrogens with zero attached hydrogens (tertiary/aromatic N) is 2. The molecule has 0 saturated heterocycles. The number of hydrogen-bond donors (Lipinski definition) is 1. The van der Waals surface area contributed by atoms with Crippen molar-refractivity contribution in [2.24, 2.45) is 12.8 Å². The van der Waals surface area contributed by atoms with Crippen LogP contribution in [0.4, 0.5) is 0 Å². The third kappa shape index (κ3) is 3.00. The van der Waals surface area contributed by atoms with Crippen molar-refractivity contribution in [1.82, 2.24) is 9.78 Å². The Hall–Kier alpha value is -0.650. The van der Waals surface area contributed by atoms with E-state index >= 15 is 0 Å². The van der Waals surface area contributed by atoms with E-state index in [9.17, 15) is 0 Å². The minimum absolute atomic E-state index is 0.0549. The van der Waals surface area contributed by atoms with Gasteiger partial charge >= 0.3 is 0 Å². The van der Waals surface area contributed by atoms with Gasteiger partial charge in [-0.15, -0.1) is 0 Å². The number of rotatable bonds is 4. The number of hydrogen-bond acceptors (Lipinski definition) is 2. The van der Waals surface area contributed by atoms with Crippen LogP contribution in [-0.4, -0.2) is 9.78 Å². The van der Waals surface area contributed by atoms with Crippen LogP contribution in [0, 0.1) is 6.92 Å². The molecule has 0 aliphatic heterocycles. The van der Waals surface area contributed by atoms with Gasteiger partial charge in [-0.1, -0.05) is 41.1 Å². The first kappa shape index (κ1) is 15.7. The van der Waals surface area contributed by atoms with Crippen LogP contribution in [0.2, 0.25) is 0 Å². The summed E-state index contributed by atoms with van der Waals surface area (Å²) in [7, 11) is 1.97. The first-order valence-corrected chi connectivity index (χ1v) is 8.25. The summed E-state index contributed by atoms with van der Waals surface area (Å²) in [5.74, 6) is 0. The molecule has 20 heavy (non-hydrogen) atoms. The maximum absolute atomic E-state index is 6.39. The van der Waals surface area contributed by atoms with Crippen molar-refractivity contribution in [3.05, 3.63) is 49.7 Å². The molecule has 2 aromatic rings. The lowest BCUT2D eigenvalue weighted by molar-refractivity contribution is 0.635. The van der Waals surface area contributed by atoms with Crippen LogP contribution in [0.25, 0.3) is 0 Å². The van der Waals surface area contributed by atoms with Crippen LogP contribution >= 0.6 is 31.9 Å². The largest absolute Gasteiger partial charge is 0.324 e. The summed E-state index contributed by atoms with van der Waals surface area (Å²) in [6.07, 6.45) is 1.67. The fourth-order valence-electron chi connectivity index (χ4n) is 2.32. The third-order valence-electron chi connectivity index (χ3n) is 3.54. The zero-order chi connectivity index (χ0) is 14.9. The van der Waals surface area contributed by atoms with Crippen molar-refractivity contribution in [3.8, 4) is 0 Å². The van der Waals surface area contributed by atoms with Gasteiger partial charge in [0.2, 0.25) is 0 Å². The lowest BCUT2D eigenvalue weighted by Crippen LogP contribution is -2.16. The summed E-state index contributed by atoms with van der Waals surface area (Å²) in [4.78, 5) is 0. The maximum atomic E-state index is 6.39. The van der Waals surface area contributed by atoms with Crippen LogP contribution in [-0.2, 0) is 19.9 Å². The summed E-state index contributed by atoms with van der Waals surface area (Å²) >= 11 is 7.28. The predicted octanol–water partition coefficient (Wildman–Crippen LogP) is 4.06. The predicted molar refractivity (Wildman–Crippen MR) is 89.8 cm³/mol. The highest BCUT2D eigenvalue weighted by Crippen LogP contribution is 2.30. The molecule has 0 aliphatic rings. The molecule has 1 aromatic heterocycles. The van der Waals surface area contributed by atoms with E-state index < -0.39 is 0 Å². The molecule has 0 saturated carbocycles. The minimum atomic E-state index is -0.0549. The molecule has 2 N–H and O–H groups in total. The molecule has 0 radical (unpaired) electrons. The average molecular weight is 401 g/mol. The zero-order valence-electron chi connectivity index (χ0n) is 12.0. The zero-order valence-corrected chi connectivity index (χ0v) is 15.1. The number of nitrogens with two attached hydrogens (primary N) is 1. The average Bonchev–Trinajstić information content (AvgIpc) is 2.69. The number of benzene rings is 1. The fourth-order valence-corrected chi connectivity index (χ4v) is 3.65. The van der Waals surface area contributed by atoms with Gasteiger partial charge in [0, 0.05) is 24.0 Å². The molecule has 0 fully saturated rings. The Morgan fingerprint density at radius 3 is 2.60 bits per heavy atom. The van der Waals surface area contributed by atoms with Crippen molar-refractivity contribution < 1.29 is 0 Å². The molecule has 2 rings (SSSR count). The lowest BCUT2D eigenvalue weighted by Gasteiger charge is -2.15. The molecule has 5 heteroatoms. The third-order valence-corrected chi connectivity index (χ3v) is 5.54. The molecular weight excluding hydrogens is 382 g/mol. The van der Waals surface area contributed by atoms with Gasteiger partial charge in [0.05, 0.1) is 15.9 Å². The van der Waals surface area contributed by atoms with Crippen molar-refractivity contribution in [1.29, 1.82) is 0 Å². The van der Waals surface area contributed by atoms with Crippen LogP contribution in [0.15, 0.2) is 27.1 Å². The molecule has 1 aromatic carbocycles. The Morgan fingerprint density at radius 2 is 2.00 bits per heavy atom. The number of halogens is 2. The van der Waals surface area contributed by atoms with E-state index in [1.807, 2.05) is 17.8 Å². The highest BCUT2D eigenvalue weighted by Gasteiger charge is 2.18. The number of aromatic nitrogens is 2. The molecule has 3 nitrogen and oxygen atoms in total. The molecule has 1 unspecified atom stereocenters. The van der Waals surface area contributed by atoms with Crippen LogP contribution in [0.5, 0.6) is 0 Å². The Morgan fingerprint density at radius 1 is 1.30 bits per heavy atom. The molecular formula is C15H19Br2N3. The van der Waals surface area contributed by atoms with Crippen LogP contribution in [0.3, 0.4) is 0 Å². The quantitative estimate of drug-likeness (QED) is 0.840. The van der Waals surface area contributed by atoms with E-state index in [2.05, 4.69) is 62.9 Å². The SMILES string of the molecule is CCc1nn(C)c(CC(N)c2cccc(C)c2Br)c1Br. The van der Waals surface area contributed by atoms with Gasteiger partial charge in [0.25, 0.3) is 0 Å². The second kappa shape index (κ2) is 6.41. The van der Waals surface area contributed by atoms with Gasteiger partial charge in [0.1, 0.15) is 0 Å². The Bertz CT molecular complexity index is 620. The summed E-state index contributed by atoms with van der Waals surface area (Å²) in [6.45, 7) is 4.18. The topological polar surface area (TPSA) is 43.8 Å². The van der Waals surface area contributed by atoms with Gasteiger partial charge in [-0.3, -0.25) is 4.68 Å². The standard InChI is InChI=1S/C15H19Br2N3/c1-4-12-15(17)13(20(3)19-12)8-11(18)10-7-5-6-9(2)14(10)16/h5-7,11H,4,8,18H2,1-3H3. The normalized spacial score (nSPS) is 12.7. The first-order valence-electron chi connectivity index (χ1n) is 6.66. The second-order valence-corrected chi connectivity index (χ2v) is 6.56. The maximum Gasteiger partial charge on any atom is 0.0766 e. The number of aryl methyl sites for hydroxylation is 3. The molecule has 108 valence electrons. The lowest BCUT2D eigenvalue weighted by atomic mass is 10.0. The Kier molecular flexibility index (Phi) is 5.04. The van der Waals surface area contributed by atoms with Gasteiger partial charge < -0.3 is 5.73 Å². The Balaban J connectivity index is 2.30. The summed E-state index contributed by atoms with van der Waals surface area (Å²) < 4.78 is 4.11. The summed E-state index contributed by atoms with van der Waals surface area (Å²) in [5, 5.41) is 4.52. The minimum Gasteiger partial charge on any atom is -0.324 e. The molecule has 0 spiro atoms. The fraction of sp³-hybridized carbons (Fsp3) is 0.400. The smallest absolute Gasteiger partial charge is 0.0766 e. The summed E-state index contributed by atoms with van der Waals surface area (Å²) in [6, 6.07) is 6.15. The monoisotopic (exact) mass is 399 g/mol. The van der Waals surface area contributed by atoms with Crippen LogP contribution < -0.4 is 5.73 Å². The van der Waals surface area contributed by atoms with Crippen molar-refractivity contribution >= 4 is 31.9 Å². The van der Waals surface area contributed by atoms with E-state index in [1.54, 1.807) is 0 Å². The van der Waals surface area contributed by atoms with Gasteiger partial charge in [0.15, 0.2) is 0 Å². The van der Waals surface area contributed by atoms with Gasteiger partial charge in [-0.2, -0.15) is 5.10 Å². The van der Waals surface area contributed by atoms with Crippen molar-refractivity contribution in [3.63, 3.8) is 0 Å². The van der Waals surface area contributed by atoms with Gasteiger partial charge in [-0.25, -0.2) is 0 Å². The van der Waals surface area contributed by atoms with E-state index in [0.29, 0.717) is 0 Å². The molecule has 0 amide bonds. The van der Waals surface area contributed by atoms with E-state index in [0.717, 1.165) is 38.7 Å². The first-order chi connectivity index (χ1) is 9.45. The van der Waals surface area contributed by atoms with E-state index in [-0.39, 0.29) is 6.04 Å². The van der Waals surface area contributed by atoms with Crippen LogP contribution in [0.1, 0.15) is 35.5 Å². The molecule has 1 atom stereocenters. The van der Waals surface area contributed by atoms with Crippen molar-refractivity contribution in [2.75, 3.05) is 0 Å². The second-order valence-electron chi connectivity index (χ2n) is 4.97. The summed E-state index contributed by atoms with van der Waals surface area (Å²) in [5.41, 5.74) is 11.0. The molecule has 1 heterocycles. The van der Waals surface area contributed by atoms with E-state index in [1.165, 1.54) is 5.56 Å². The molecule has 0 aliphatic carbocycles. The van der Waals surface area contributed by atoms with E-state index in [4.69, 9.17) is 5.73 Å². The highest BCUT2D eigenvalue weighted by molar-refractivity contribution is 9.10. The highest BCUT2D eigenvalue weighted by atomic mass is 79.9. The van der Waals surface area contributed by atoms with Gasteiger partial charge in [-0.05, 0) is 40.4 Å². The van der Waals surface area contributed by atoms with Crippen molar-refractivity contribution in [2.45, 2.75) is 32.7 Å².